The molecule has 0 spiro atoms. The number of benzene rings is 2. The van der Waals surface area contributed by atoms with E-state index in [-0.39, 0.29) is 4.90 Å². The van der Waals surface area contributed by atoms with Crippen molar-refractivity contribution >= 4 is 10.0 Å². The summed E-state index contributed by atoms with van der Waals surface area (Å²) in [5.41, 5.74) is 1.67. The molecule has 0 radical (unpaired) electrons. The summed E-state index contributed by atoms with van der Waals surface area (Å²) in [6.45, 7) is 6.97. The van der Waals surface area contributed by atoms with Gasteiger partial charge in [0.25, 0.3) is 0 Å². The minimum Gasteiger partial charge on any atom is -0.436 e. The lowest BCUT2D eigenvalue weighted by atomic mass is 10.2. The van der Waals surface area contributed by atoms with Gasteiger partial charge in [-0.25, -0.2) is 18.1 Å². The fourth-order valence-electron chi connectivity index (χ4n) is 2.88. The molecule has 7 heteroatoms. The summed E-state index contributed by atoms with van der Waals surface area (Å²) in [4.78, 5) is 6.70. The smallest absolute Gasteiger partial charge is 0.240 e. The van der Waals surface area contributed by atoms with E-state index in [2.05, 4.69) is 28.5 Å². The summed E-state index contributed by atoms with van der Waals surface area (Å²) < 4.78 is 33.4. The van der Waals surface area contributed by atoms with Gasteiger partial charge in [-0.3, -0.25) is 0 Å². The molecule has 0 aliphatic carbocycles. The van der Waals surface area contributed by atoms with Crippen molar-refractivity contribution in [3.8, 4) is 22.8 Å². The third kappa shape index (κ3) is 4.86. The first-order valence-corrected chi connectivity index (χ1v) is 10.9. The van der Waals surface area contributed by atoms with Crippen molar-refractivity contribution < 1.29 is 12.8 Å². The van der Waals surface area contributed by atoms with Gasteiger partial charge in [0.2, 0.25) is 15.9 Å². The van der Waals surface area contributed by atoms with Crippen LogP contribution in [0.15, 0.2) is 70.1 Å². The second kappa shape index (κ2) is 9.14. The van der Waals surface area contributed by atoms with Gasteiger partial charge in [-0.15, -0.1) is 0 Å². The van der Waals surface area contributed by atoms with E-state index in [0.717, 1.165) is 24.2 Å². The molecule has 0 bridgehead atoms. The van der Waals surface area contributed by atoms with Crippen LogP contribution in [-0.4, -0.2) is 44.5 Å². The monoisotopic (exact) mass is 399 g/mol. The van der Waals surface area contributed by atoms with E-state index in [4.69, 9.17) is 4.42 Å². The molecule has 3 rings (SSSR count). The van der Waals surface area contributed by atoms with Crippen LogP contribution in [0.2, 0.25) is 0 Å². The number of nitrogens with zero attached hydrogens (tertiary/aromatic N) is 2. The number of sulfonamides is 1. The number of hydrogen-bond donors (Lipinski definition) is 1. The predicted octanol–water partition coefficient (Wildman–Crippen LogP) is 3.63. The Morgan fingerprint density at radius 1 is 0.964 bits per heavy atom. The Kier molecular flexibility index (Phi) is 6.61. The quantitative estimate of drug-likeness (QED) is 0.595. The molecule has 0 amide bonds. The second-order valence-electron chi connectivity index (χ2n) is 6.34. The largest absolute Gasteiger partial charge is 0.436 e. The molecule has 0 saturated carbocycles. The molecule has 28 heavy (non-hydrogen) atoms. The van der Waals surface area contributed by atoms with E-state index in [0.29, 0.717) is 24.7 Å². The minimum absolute atomic E-state index is 0.227. The minimum atomic E-state index is -3.54. The second-order valence-corrected chi connectivity index (χ2v) is 8.11. The first-order chi connectivity index (χ1) is 13.5. The van der Waals surface area contributed by atoms with Crippen molar-refractivity contribution in [3.63, 3.8) is 0 Å². The van der Waals surface area contributed by atoms with Gasteiger partial charge < -0.3 is 9.32 Å². The maximum Gasteiger partial charge on any atom is 0.240 e. The molecule has 1 heterocycles. The van der Waals surface area contributed by atoms with Crippen LogP contribution in [0.25, 0.3) is 22.8 Å². The first kappa shape index (κ1) is 20.3. The lowest BCUT2D eigenvalue weighted by Gasteiger charge is -2.18. The molecule has 1 N–H and O–H groups in total. The van der Waals surface area contributed by atoms with Crippen molar-refractivity contribution in [1.29, 1.82) is 0 Å². The van der Waals surface area contributed by atoms with Gasteiger partial charge in [-0.2, -0.15) is 0 Å². The standard InChI is InChI=1S/C21H25N3O3S/c1-3-24(4-2)15-14-23-28(25,26)19-12-10-18(11-13-19)21-22-16-20(27-21)17-8-6-5-7-9-17/h5-13,16,23H,3-4,14-15H2,1-2H3. The Labute approximate surface area is 166 Å². The van der Waals surface area contributed by atoms with E-state index >= 15 is 0 Å². The van der Waals surface area contributed by atoms with Crippen LogP contribution in [0.1, 0.15) is 13.8 Å². The van der Waals surface area contributed by atoms with Crippen LogP contribution >= 0.6 is 0 Å². The molecule has 6 nitrogen and oxygen atoms in total. The zero-order chi connectivity index (χ0) is 20.0. The van der Waals surface area contributed by atoms with Gasteiger partial charge in [0, 0.05) is 24.2 Å². The maximum absolute atomic E-state index is 12.5. The third-order valence-electron chi connectivity index (χ3n) is 4.59. The predicted molar refractivity (Wildman–Crippen MR) is 110 cm³/mol. The van der Waals surface area contributed by atoms with Crippen molar-refractivity contribution in [3.05, 3.63) is 60.8 Å². The van der Waals surface area contributed by atoms with E-state index in [9.17, 15) is 8.42 Å². The Morgan fingerprint density at radius 2 is 1.64 bits per heavy atom. The zero-order valence-corrected chi connectivity index (χ0v) is 16.9. The average Bonchev–Trinajstić information content (AvgIpc) is 3.22. The third-order valence-corrected chi connectivity index (χ3v) is 6.07. The highest BCUT2D eigenvalue weighted by atomic mass is 32.2. The Balaban J connectivity index is 1.69. The number of nitrogens with one attached hydrogen (secondary N) is 1. The molecule has 0 aliphatic heterocycles. The van der Waals surface area contributed by atoms with Crippen LogP contribution in [0.4, 0.5) is 0 Å². The molecule has 0 unspecified atom stereocenters. The van der Waals surface area contributed by atoms with E-state index in [1.54, 1.807) is 30.5 Å². The highest BCUT2D eigenvalue weighted by molar-refractivity contribution is 7.89. The fraction of sp³-hybridized carbons (Fsp3) is 0.286. The van der Waals surface area contributed by atoms with Crippen LogP contribution in [0, 0.1) is 0 Å². The highest BCUT2D eigenvalue weighted by Gasteiger charge is 2.15. The van der Waals surface area contributed by atoms with Crippen LogP contribution < -0.4 is 4.72 Å². The number of likely N-dealkylation sites (N-methyl/N-ethyl adjacent to an activating group) is 1. The van der Waals surface area contributed by atoms with Gasteiger partial charge in [0.05, 0.1) is 11.1 Å². The van der Waals surface area contributed by atoms with Crippen molar-refractivity contribution in [1.82, 2.24) is 14.6 Å². The van der Waals surface area contributed by atoms with Gasteiger partial charge in [0.1, 0.15) is 0 Å². The molecular weight excluding hydrogens is 374 g/mol. The van der Waals surface area contributed by atoms with Crippen molar-refractivity contribution in [2.45, 2.75) is 18.7 Å². The molecule has 2 aromatic carbocycles. The first-order valence-electron chi connectivity index (χ1n) is 9.37. The molecule has 0 aliphatic rings. The van der Waals surface area contributed by atoms with Gasteiger partial charge in [0.15, 0.2) is 5.76 Å². The zero-order valence-electron chi connectivity index (χ0n) is 16.1. The van der Waals surface area contributed by atoms with Crippen molar-refractivity contribution in [2.24, 2.45) is 0 Å². The molecule has 0 fully saturated rings. The summed E-state index contributed by atoms with van der Waals surface area (Å²) in [5.74, 6) is 1.13. The molecule has 0 atom stereocenters. The van der Waals surface area contributed by atoms with E-state index in [1.165, 1.54) is 0 Å². The molecule has 3 aromatic rings. The Hall–Kier alpha value is -2.48. The molecule has 148 valence electrons. The van der Waals surface area contributed by atoms with Crippen molar-refractivity contribution in [2.75, 3.05) is 26.2 Å². The van der Waals surface area contributed by atoms with Crippen LogP contribution in [-0.2, 0) is 10.0 Å². The number of oxazole rings is 1. The summed E-state index contributed by atoms with van der Waals surface area (Å²) in [5, 5.41) is 0. The van der Waals surface area contributed by atoms with Crippen LogP contribution in [0.5, 0.6) is 0 Å². The van der Waals surface area contributed by atoms with E-state index < -0.39 is 10.0 Å². The fourth-order valence-corrected chi connectivity index (χ4v) is 3.90. The average molecular weight is 400 g/mol. The maximum atomic E-state index is 12.5. The highest BCUT2D eigenvalue weighted by Crippen LogP contribution is 2.26. The Morgan fingerprint density at radius 3 is 2.29 bits per heavy atom. The summed E-state index contributed by atoms with van der Waals surface area (Å²) in [7, 11) is -3.54. The lowest BCUT2D eigenvalue weighted by Crippen LogP contribution is -2.34. The van der Waals surface area contributed by atoms with E-state index in [1.807, 2.05) is 30.3 Å². The van der Waals surface area contributed by atoms with Gasteiger partial charge in [-0.1, -0.05) is 44.2 Å². The number of rotatable bonds is 9. The van der Waals surface area contributed by atoms with Gasteiger partial charge >= 0.3 is 0 Å². The summed E-state index contributed by atoms with van der Waals surface area (Å²) in [6.07, 6.45) is 1.67. The van der Waals surface area contributed by atoms with Crippen LogP contribution in [0.3, 0.4) is 0 Å². The molecular formula is C21H25N3O3S. The summed E-state index contributed by atoms with van der Waals surface area (Å²) >= 11 is 0. The number of hydrogen-bond acceptors (Lipinski definition) is 5. The SMILES string of the molecule is CCN(CC)CCNS(=O)(=O)c1ccc(-c2ncc(-c3ccccc3)o2)cc1. The molecule has 0 saturated heterocycles. The molecule has 1 aromatic heterocycles. The van der Waals surface area contributed by atoms with Gasteiger partial charge in [-0.05, 0) is 37.4 Å². The number of aromatic nitrogens is 1. The normalized spacial score (nSPS) is 11.8. The Bertz CT molecular complexity index is 979. The lowest BCUT2D eigenvalue weighted by molar-refractivity contribution is 0.309. The summed E-state index contributed by atoms with van der Waals surface area (Å²) in [6, 6.07) is 16.3. The topological polar surface area (TPSA) is 75.4 Å².